The Hall–Kier alpha value is -1.79. The normalized spacial score (nSPS) is 22.7. The van der Waals surface area contributed by atoms with Gasteiger partial charge in [-0.3, -0.25) is 9.59 Å². The van der Waals surface area contributed by atoms with Crippen molar-refractivity contribution in [3.63, 3.8) is 0 Å². The summed E-state index contributed by atoms with van der Waals surface area (Å²) in [6.45, 7) is 1.62. The van der Waals surface area contributed by atoms with Crippen molar-refractivity contribution >= 4 is 17.8 Å². The van der Waals surface area contributed by atoms with Gasteiger partial charge >= 0.3 is 0 Å². The maximum atomic E-state index is 11.8. The Balaban J connectivity index is 1.88. The number of piperidine rings is 1. The van der Waals surface area contributed by atoms with Gasteiger partial charge in [-0.25, -0.2) is 4.99 Å². The molecule has 1 aliphatic heterocycles. The summed E-state index contributed by atoms with van der Waals surface area (Å²) in [6, 6.07) is 0.162. The van der Waals surface area contributed by atoms with E-state index in [9.17, 15) is 9.59 Å². The monoisotopic (exact) mass is 337 g/mol. The minimum absolute atomic E-state index is 0.0225. The van der Waals surface area contributed by atoms with E-state index in [1.807, 2.05) is 0 Å². The molecule has 7 heteroatoms. The van der Waals surface area contributed by atoms with Crippen LogP contribution in [0.1, 0.15) is 44.9 Å². The summed E-state index contributed by atoms with van der Waals surface area (Å²) in [6.07, 6.45) is 7.80. The van der Waals surface area contributed by atoms with Gasteiger partial charge in [0.05, 0.1) is 0 Å². The maximum Gasteiger partial charge on any atom is 0.243 e. The van der Waals surface area contributed by atoms with Gasteiger partial charge in [0.2, 0.25) is 11.8 Å². The number of hydrogen-bond acceptors (Lipinski definition) is 3. The van der Waals surface area contributed by atoms with Crippen molar-refractivity contribution in [3.8, 4) is 0 Å². The van der Waals surface area contributed by atoms with Crippen molar-refractivity contribution in [2.45, 2.75) is 51.0 Å². The number of hydrogen-bond donors (Lipinski definition) is 3. The fraction of sp³-hybridized carbons (Fsp3) is 0.824. The average molecular weight is 337 g/mol. The minimum Gasteiger partial charge on any atom is -0.356 e. The van der Waals surface area contributed by atoms with Crippen LogP contribution in [0.15, 0.2) is 4.99 Å². The van der Waals surface area contributed by atoms with Crippen molar-refractivity contribution in [1.82, 2.24) is 20.9 Å². The van der Waals surface area contributed by atoms with Gasteiger partial charge in [0.25, 0.3) is 0 Å². The molecule has 0 aromatic rings. The highest BCUT2D eigenvalue weighted by molar-refractivity contribution is 5.85. The highest BCUT2D eigenvalue weighted by atomic mass is 16.2. The second-order valence-corrected chi connectivity index (χ2v) is 7.02. The van der Waals surface area contributed by atoms with Crippen LogP contribution in [0.3, 0.4) is 0 Å². The molecular formula is C17H31N5O2. The van der Waals surface area contributed by atoms with E-state index in [1.165, 1.54) is 32.1 Å². The summed E-state index contributed by atoms with van der Waals surface area (Å²) in [5, 5.41) is 9.63. The van der Waals surface area contributed by atoms with Crippen LogP contribution in [-0.2, 0) is 9.59 Å². The van der Waals surface area contributed by atoms with E-state index in [2.05, 4.69) is 20.9 Å². The molecule has 0 bridgehead atoms. The Morgan fingerprint density at radius 1 is 1.25 bits per heavy atom. The molecule has 1 saturated carbocycles. The molecule has 0 aromatic carbocycles. The lowest BCUT2D eigenvalue weighted by molar-refractivity contribution is -0.127. The molecule has 0 spiro atoms. The van der Waals surface area contributed by atoms with E-state index in [4.69, 9.17) is 0 Å². The van der Waals surface area contributed by atoms with Gasteiger partial charge in [-0.1, -0.05) is 19.3 Å². The number of likely N-dealkylation sites (N-methyl/N-ethyl adjacent to an activating group) is 1. The van der Waals surface area contributed by atoms with Crippen molar-refractivity contribution in [2.75, 3.05) is 33.7 Å². The van der Waals surface area contributed by atoms with Crippen LogP contribution >= 0.6 is 0 Å². The van der Waals surface area contributed by atoms with Gasteiger partial charge in [0.1, 0.15) is 6.54 Å². The topological polar surface area (TPSA) is 85.8 Å². The lowest BCUT2D eigenvalue weighted by Gasteiger charge is -2.27. The summed E-state index contributed by atoms with van der Waals surface area (Å²) in [7, 11) is 3.47. The van der Waals surface area contributed by atoms with Crippen LogP contribution in [0.4, 0.5) is 0 Å². The molecule has 2 fully saturated rings. The third-order valence-corrected chi connectivity index (χ3v) is 4.76. The van der Waals surface area contributed by atoms with Crippen LogP contribution in [0, 0.1) is 5.92 Å². The Morgan fingerprint density at radius 3 is 2.62 bits per heavy atom. The average Bonchev–Trinajstić information content (AvgIpc) is 2.59. The fourth-order valence-electron chi connectivity index (χ4n) is 3.12. The summed E-state index contributed by atoms with van der Waals surface area (Å²) in [5.74, 6) is 1.44. The van der Waals surface area contributed by atoms with E-state index < -0.39 is 0 Å². The number of guanidine groups is 1. The van der Waals surface area contributed by atoms with Crippen molar-refractivity contribution in [3.05, 3.63) is 0 Å². The van der Waals surface area contributed by atoms with E-state index >= 15 is 0 Å². The minimum atomic E-state index is -0.0225. The van der Waals surface area contributed by atoms with Crippen molar-refractivity contribution < 1.29 is 9.59 Å². The van der Waals surface area contributed by atoms with Gasteiger partial charge < -0.3 is 20.9 Å². The summed E-state index contributed by atoms with van der Waals surface area (Å²) in [5.41, 5.74) is 0. The first kappa shape index (κ1) is 18.5. The molecule has 1 saturated heterocycles. The van der Waals surface area contributed by atoms with Crippen LogP contribution in [0.5, 0.6) is 0 Å². The van der Waals surface area contributed by atoms with Crippen molar-refractivity contribution in [1.29, 1.82) is 0 Å². The zero-order chi connectivity index (χ0) is 17.4. The molecule has 2 aliphatic rings. The third-order valence-electron chi connectivity index (χ3n) is 4.76. The van der Waals surface area contributed by atoms with Gasteiger partial charge in [-0.05, 0) is 25.2 Å². The first-order chi connectivity index (χ1) is 11.5. The summed E-state index contributed by atoms with van der Waals surface area (Å²) >= 11 is 0. The number of nitrogens with one attached hydrogen (secondary N) is 3. The second-order valence-electron chi connectivity index (χ2n) is 7.02. The second kappa shape index (κ2) is 9.49. The molecule has 1 aliphatic carbocycles. The number of rotatable bonds is 5. The molecule has 2 amide bonds. The largest absolute Gasteiger partial charge is 0.356 e. The summed E-state index contributed by atoms with van der Waals surface area (Å²) in [4.78, 5) is 29.1. The molecule has 2 rings (SSSR count). The SMILES string of the molecule is CN(C)C(=O)CN=C(NCC1CCCCC1)NC1CCC(=O)NC1. The molecule has 136 valence electrons. The molecule has 1 unspecified atom stereocenters. The zero-order valence-corrected chi connectivity index (χ0v) is 14.9. The molecule has 3 N–H and O–H groups in total. The Bertz CT molecular complexity index is 448. The van der Waals surface area contributed by atoms with Crippen LogP contribution in [0.2, 0.25) is 0 Å². The van der Waals surface area contributed by atoms with Crippen molar-refractivity contribution in [2.24, 2.45) is 10.9 Å². The number of aliphatic imine (C=N–C) groups is 1. The van der Waals surface area contributed by atoms with Gasteiger partial charge in [0, 0.05) is 39.6 Å². The first-order valence-electron chi connectivity index (χ1n) is 9.06. The van der Waals surface area contributed by atoms with E-state index in [1.54, 1.807) is 19.0 Å². The molecular weight excluding hydrogens is 306 g/mol. The van der Waals surface area contributed by atoms with Gasteiger partial charge in [0.15, 0.2) is 5.96 Å². The van der Waals surface area contributed by atoms with Crippen LogP contribution in [0.25, 0.3) is 0 Å². The molecule has 24 heavy (non-hydrogen) atoms. The first-order valence-corrected chi connectivity index (χ1v) is 9.06. The smallest absolute Gasteiger partial charge is 0.243 e. The maximum absolute atomic E-state index is 11.8. The standard InChI is InChI=1S/C17H31N5O2/c1-22(2)16(24)12-20-17(19-10-13-6-4-3-5-7-13)21-14-8-9-15(23)18-11-14/h13-14H,3-12H2,1-2H3,(H,18,23)(H2,19,20,21). The third kappa shape index (κ3) is 6.37. The predicted octanol–water partition coefficient (Wildman–Crippen LogP) is 0.469. The number of carbonyl (C=O) groups is 2. The molecule has 1 atom stereocenters. The Kier molecular flexibility index (Phi) is 7.34. The highest BCUT2D eigenvalue weighted by Gasteiger charge is 2.20. The molecule has 0 radical (unpaired) electrons. The quantitative estimate of drug-likeness (QED) is 0.503. The highest BCUT2D eigenvalue weighted by Crippen LogP contribution is 2.22. The molecule has 7 nitrogen and oxygen atoms in total. The lowest BCUT2D eigenvalue weighted by atomic mass is 9.89. The fourth-order valence-corrected chi connectivity index (χ4v) is 3.12. The van der Waals surface area contributed by atoms with E-state index in [0.29, 0.717) is 24.8 Å². The summed E-state index contributed by atoms with van der Waals surface area (Å²) < 4.78 is 0. The Morgan fingerprint density at radius 2 is 2.00 bits per heavy atom. The molecule has 0 aromatic heterocycles. The van der Waals surface area contributed by atoms with E-state index in [-0.39, 0.29) is 24.4 Å². The van der Waals surface area contributed by atoms with Crippen LogP contribution in [-0.4, -0.2) is 62.4 Å². The van der Waals surface area contributed by atoms with Gasteiger partial charge in [-0.15, -0.1) is 0 Å². The molecule has 1 heterocycles. The lowest BCUT2D eigenvalue weighted by Crippen LogP contribution is -2.52. The van der Waals surface area contributed by atoms with Gasteiger partial charge in [-0.2, -0.15) is 0 Å². The van der Waals surface area contributed by atoms with Crippen LogP contribution < -0.4 is 16.0 Å². The number of carbonyl (C=O) groups excluding carboxylic acids is 2. The predicted molar refractivity (Wildman–Crippen MR) is 94.7 cm³/mol. The number of nitrogens with zero attached hydrogens (tertiary/aromatic N) is 2. The number of amides is 2. The Labute approximate surface area is 144 Å². The van der Waals surface area contributed by atoms with E-state index in [0.717, 1.165) is 13.0 Å². The zero-order valence-electron chi connectivity index (χ0n) is 14.9.